The lowest BCUT2D eigenvalue weighted by molar-refractivity contribution is -0.130. The van der Waals surface area contributed by atoms with E-state index in [1.807, 2.05) is 30.7 Å². The van der Waals surface area contributed by atoms with Gasteiger partial charge >= 0.3 is 0 Å². The van der Waals surface area contributed by atoms with Crippen molar-refractivity contribution in [3.05, 3.63) is 30.5 Å². The van der Waals surface area contributed by atoms with Crippen molar-refractivity contribution in [2.24, 2.45) is 11.8 Å². The Morgan fingerprint density at radius 1 is 1.30 bits per heavy atom. The summed E-state index contributed by atoms with van der Waals surface area (Å²) >= 11 is 6.35. The van der Waals surface area contributed by atoms with Gasteiger partial charge in [0.1, 0.15) is 11.6 Å². The SMILES string of the molecule is Cc1nccn1-c1ccnc(N[C@@H](C)C2CC3CC(Cl)CCC3NC2=O)n1. The molecule has 27 heavy (non-hydrogen) atoms. The normalized spacial score (nSPS) is 28.9. The van der Waals surface area contributed by atoms with Crippen molar-refractivity contribution in [1.82, 2.24) is 24.8 Å². The number of anilines is 1. The Balaban J connectivity index is 1.46. The standard InChI is InChI=1S/C19H25ClN6O/c1-11(15-10-13-9-14(20)3-4-16(13)24-18(15)27)23-19-22-6-5-17(25-19)26-8-7-21-12(26)2/h5-8,11,13-16H,3-4,9-10H2,1-2H3,(H,24,27)(H,22,23,25)/t11-,13?,14?,15?,16?/m0/s1. The van der Waals surface area contributed by atoms with Gasteiger partial charge in [0.2, 0.25) is 11.9 Å². The summed E-state index contributed by atoms with van der Waals surface area (Å²) < 4.78 is 1.90. The van der Waals surface area contributed by atoms with Crippen molar-refractivity contribution < 1.29 is 4.79 Å². The molecule has 1 saturated heterocycles. The van der Waals surface area contributed by atoms with E-state index in [0.717, 1.165) is 37.3 Å². The molecule has 2 aromatic rings. The molecule has 4 unspecified atom stereocenters. The predicted molar refractivity (Wildman–Crippen MR) is 104 cm³/mol. The van der Waals surface area contributed by atoms with Crippen molar-refractivity contribution in [3.8, 4) is 5.82 Å². The van der Waals surface area contributed by atoms with Crippen molar-refractivity contribution in [3.63, 3.8) is 0 Å². The Kier molecular flexibility index (Phi) is 5.04. The molecule has 0 bridgehead atoms. The molecule has 1 saturated carbocycles. The number of imidazole rings is 1. The Morgan fingerprint density at radius 3 is 2.93 bits per heavy atom. The van der Waals surface area contributed by atoms with Crippen LogP contribution in [0.4, 0.5) is 5.95 Å². The number of rotatable bonds is 4. The molecule has 1 aliphatic carbocycles. The first kappa shape index (κ1) is 18.2. The second-order valence-electron chi connectivity index (χ2n) is 7.64. The largest absolute Gasteiger partial charge is 0.353 e. The highest BCUT2D eigenvalue weighted by atomic mass is 35.5. The molecule has 2 aromatic heterocycles. The number of hydrogen-bond acceptors (Lipinski definition) is 5. The van der Waals surface area contributed by atoms with E-state index in [-0.39, 0.29) is 29.3 Å². The van der Waals surface area contributed by atoms with Gasteiger partial charge in [-0.05, 0) is 51.5 Å². The molecule has 7 nitrogen and oxygen atoms in total. The maximum atomic E-state index is 12.6. The van der Waals surface area contributed by atoms with Crippen LogP contribution in [0.1, 0.15) is 38.4 Å². The number of aryl methyl sites for hydroxylation is 1. The molecule has 2 aliphatic rings. The van der Waals surface area contributed by atoms with Gasteiger partial charge in [0.25, 0.3) is 0 Å². The van der Waals surface area contributed by atoms with E-state index in [1.54, 1.807) is 12.4 Å². The zero-order valence-electron chi connectivity index (χ0n) is 15.6. The van der Waals surface area contributed by atoms with Crippen LogP contribution in [0.15, 0.2) is 24.7 Å². The van der Waals surface area contributed by atoms with Crippen molar-refractivity contribution >= 4 is 23.5 Å². The average molecular weight is 389 g/mol. The van der Waals surface area contributed by atoms with Crippen LogP contribution < -0.4 is 10.6 Å². The average Bonchev–Trinajstić information content (AvgIpc) is 3.07. The van der Waals surface area contributed by atoms with E-state index in [2.05, 4.69) is 25.6 Å². The minimum atomic E-state index is -0.115. The molecule has 1 amide bonds. The fraction of sp³-hybridized carbons (Fsp3) is 0.579. The quantitative estimate of drug-likeness (QED) is 0.786. The minimum Gasteiger partial charge on any atom is -0.353 e. The Labute approximate surface area is 163 Å². The van der Waals surface area contributed by atoms with Crippen LogP contribution in [0.5, 0.6) is 0 Å². The van der Waals surface area contributed by atoms with Crippen LogP contribution in [0.25, 0.3) is 5.82 Å². The molecule has 5 atom stereocenters. The first-order valence-corrected chi connectivity index (χ1v) is 9.99. The second kappa shape index (κ2) is 7.46. The highest BCUT2D eigenvalue weighted by Crippen LogP contribution is 2.36. The van der Waals surface area contributed by atoms with E-state index in [1.165, 1.54) is 0 Å². The van der Waals surface area contributed by atoms with Crippen LogP contribution in [0, 0.1) is 18.8 Å². The Hall–Kier alpha value is -2.15. The number of aromatic nitrogens is 4. The highest BCUT2D eigenvalue weighted by molar-refractivity contribution is 6.20. The van der Waals surface area contributed by atoms with E-state index in [4.69, 9.17) is 11.6 Å². The van der Waals surface area contributed by atoms with Crippen molar-refractivity contribution in [2.45, 2.75) is 57.0 Å². The third-order valence-corrected chi connectivity index (χ3v) is 6.21. The number of nitrogens with one attached hydrogen (secondary N) is 2. The maximum Gasteiger partial charge on any atom is 0.225 e. The molecule has 2 N–H and O–H groups in total. The van der Waals surface area contributed by atoms with Crippen LogP contribution in [-0.2, 0) is 4.79 Å². The molecule has 3 heterocycles. The number of fused-ring (bicyclic) bond motifs is 1. The third-order valence-electron chi connectivity index (χ3n) is 5.81. The van der Waals surface area contributed by atoms with Gasteiger partial charge in [-0.15, -0.1) is 11.6 Å². The lowest BCUT2D eigenvalue weighted by atomic mass is 9.74. The van der Waals surface area contributed by atoms with Gasteiger partial charge in [-0.1, -0.05) is 0 Å². The molecular formula is C19H25ClN6O. The van der Waals surface area contributed by atoms with E-state index in [9.17, 15) is 4.79 Å². The van der Waals surface area contributed by atoms with Gasteiger partial charge in [0, 0.05) is 36.1 Å². The molecule has 144 valence electrons. The van der Waals surface area contributed by atoms with Crippen LogP contribution in [0.2, 0.25) is 0 Å². The number of amides is 1. The molecule has 0 spiro atoms. The van der Waals surface area contributed by atoms with Gasteiger partial charge in [-0.25, -0.2) is 9.97 Å². The molecule has 2 fully saturated rings. The van der Waals surface area contributed by atoms with Gasteiger partial charge in [0.05, 0.1) is 5.92 Å². The number of piperidine rings is 1. The molecule has 8 heteroatoms. The van der Waals surface area contributed by atoms with Crippen LogP contribution >= 0.6 is 11.6 Å². The minimum absolute atomic E-state index is 0.0687. The first-order chi connectivity index (χ1) is 13.0. The summed E-state index contributed by atoms with van der Waals surface area (Å²) in [6.07, 6.45) is 9.11. The summed E-state index contributed by atoms with van der Waals surface area (Å²) in [6.45, 7) is 3.94. The Bertz CT molecular complexity index is 824. The second-order valence-corrected chi connectivity index (χ2v) is 8.26. The van der Waals surface area contributed by atoms with Gasteiger partial charge in [0.15, 0.2) is 0 Å². The molecular weight excluding hydrogens is 364 g/mol. The summed E-state index contributed by atoms with van der Waals surface area (Å²) in [5, 5.41) is 6.75. The smallest absolute Gasteiger partial charge is 0.225 e. The Morgan fingerprint density at radius 2 is 2.15 bits per heavy atom. The summed E-state index contributed by atoms with van der Waals surface area (Å²) in [5.74, 6) is 2.58. The van der Waals surface area contributed by atoms with Crippen LogP contribution in [-0.4, -0.2) is 42.9 Å². The zero-order chi connectivity index (χ0) is 19.0. The van der Waals surface area contributed by atoms with Crippen LogP contribution in [0.3, 0.4) is 0 Å². The van der Waals surface area contributed by atoms with Gasteiger partial charge in [-0.3, -0.25) is 9.36 Å². The molecule has 1 aliphatic heterocycles. The summed E-state index contributed by atoms with van der Waals surface area (Å²) in [4.78, 5) is 25.8. The lowest BCUT2D eigenvalue weighted by Gasteiger charge is -2.42. The molecule has 4 rings (SSSR count). The number of nitrogens with zero attached hydrogens (tertiary/aromatic N) is 4. The van der Waals surface area contributed by atoms with Crippen molar-refractivity contribution in [1.29, 1.82) is 0 Å². The third kappa shape index (κ3) is 3.78. The molecule has 0 radical (unpaired) electrons. The fourth-order valence-electron chi connectivity index (χ4n) is 4.29. The van der Waals surface area contributed by atoms with Crippen molar-refractivity contribution in [2.75, 3.05) is 5.32 Å². The number of carbonyl (C=O) groups is 1. The summed E-state index contributed by atoms with van der Waals surface area (Å²) in [5.41, 5.74) is 0. The predicted octanol–water partition coefficient (Wildman–Crippen LogP) is 2.68. The molecule has 0 aromatic carbocycles. The van der Waals surface area contributed by atoms with E-state index in [0.29, 0.717) is 11.9 Å². The van der Waals surface area contributed by atoms with Gasteiger partial charge < -0.3 is 10.6 Å². The maximum absolute atomic E-state index is 12.6. The topological polar surface area (TPSA) is 84.7 Å². The first-order valence-electron chi connectivity index (χ1n) is 9.55. The monoisotopic (exact) mass is 388 g/mol. The van der Waals surface area contributed by atoms with E-state index < -0.39 is 0 Å². The number of carbonyl (C=O) groups excluding carboxylic acids is 1. The number of alkyl halides is 1. The zero-order valence-corrected chi connectivity index (χ0v) is 16.4. The number of hydrogen-bond donors (Lipinski definition) is 2. The number of halogens is 1. The fourth-order valence-corrected chi connectivity index (χ4v) is 4.64. The summed E-state index contributed by atoms with van der Waals surface area (Å²) in [7, 11) is 0. The lowest BCUT2D eigenvalue weighted by Crippen LogP contribution is -2.55. The highest BCUT2D eigenvalue weighted by Gasteiger charge is 2.41. The van der Waals surface area contributed by atoms with E-state index >= 15 is 0 Å². The summed E-state index contributed by atoms with van der Waals surface area (Å²) in [6, 6.07) is 2.05. The van der Waals surface area contributed by atoms with Gasteiger partial charge in [-0.2, -0.15) is 4.98 Å².